The van der Waals surface area contributed by atoms with Gasteiger partial charge in [0, 0.05) is 0 Å². The summed E-state index contributed by atoms with van der Waals surface area (Å²) in [6.07, 6.45) is 0. The summed E-state index contributed by atoms with van der Waals surface area (Å²) in [7, 11) is -4.67. The second kappa shape index (κ2) is 6.37. The maximum Gasteiger partial charge on any atom is 2.00 e. The van der Waals surface area contributed by atoms with E-state index in [9.17, 15) is 0 Å². The van der Waals surface area contributed by atoms with Crippen LogP contribution >= 0.6 is 0 Å². The Kier molecular flexibility index (Phi) is 10.3. The van der Waals surface area contributed by atoms with Crippen LogP contribution in [0.15, 0.2) is 0 Å². The van der Waals surface area contributed by atoms with Crippen LogP contribution in [0, 0.1) is 0 Å². The summed E-state index contributed by atoms with van der Waals surface area (Å²) in [6, 6.07) is 0. The van der Waals surface area contributed by atoms with Crippen molar-refractivity contribution in [3.05, 3.63) is 0 Å². The Balaban J connectivity index is -0.000000107. The first-order valence-corrected chi connectivity index (χ1v) is 4.84. The third-order valence-electron chi connectivity index (χ3n) is 0. The van der Waals surface area contributed by atoms with E-state index in [1.165, 1.54) is 0 Å². The Bertz CT molecular complexity index is 210. The fourth-order valence-corrected chi connectivity index (χ4v) is 0. The van der Waals surface area contributed by atoms with Gasteiger partial charge >= 0.3 is 67.2 Å². The minimum atomic E-state index is -5.75. The van der Waals surface area contributed by atoms with Gasteiger partial charge in [-0.25, -0.2) is 0 Å². The zero-order valence-corrected chi connectivity index (χ0v) is 10.6. The van der Waals surface area contributed by atoms with Crippen LogP contribution in [0.2, 0.25) is 0 Å². The molecule has 0 aromatic carbocycles. The van der Waals surface area contributed by atoms with E-state index in [4.69, 9.17) is 33.4 Å². The second-order valence-corrected chi connectivity index (χ2v) is 3.03. The fraction of sp³-hybridized carbons (Fsp3) is 0. The van der Waals surface area contributed by atoms with E-state index >= 15 is 0 Å². The molecule has 0 aliphatic rings. The smallest absolute Gasteiger partial charge is 2.00 e. The van der Waals surface area contributed by atoms with Gasteiger partial charge in [0.2, 0.25) is 0 Å². The van der Waals surface area contributed by atoms with Gasteiger partial charge in [0.1, 0.15) is 0 Å². The molecule has 0 heterocycles. The minimum absolute atomic E-state index is 0. The predicted octanol–water partition coefficient (Wildman–Crippen LogP) is -3.65. The van der Waals surface area contributed by atoms with Crippen molar-refractivity contribution >= 4 is 37.7 Å². The summed E-state index contributed by atoms with van der Waals surface area (Å²) in [6.45, 7) is 0. The molecule has 66 valence electrons. The molecule has 0 fully saturated rings. The third kappa shape index (κ3) is 1190. The van der Waals surface area contributed by atoms with Crippen molar-refractivity contribution in [2.24, 2.45) is 0 Å². The van der Waals surface area contributed by atoms with Crippen molar-refractivity contribution in [2.75, 3.05) is 0 Å². The maximum absolute atomic E-state index is 8.74. The summed E-state index contributed by atoms with van der Waals surface area (Å²) < 4.78 is 66.0. The molecule has 0 amide bonds. The van der Waals surface area contributed by atoms with Gasteiger partial charge in [0.05, 0.1) is 0 Å². The molecule has 0 aromatic rings. The van der Waals surface area contributed by atoms with Gasteiger partial charge in [-0.3, -0.25) is 9.11 Å². The van der Waals surface area contributed by atoms with Crippen LogP contribution in [0.3, 0.4) is 0 Å². The Morgan fingerprint density at radius 3 is 1.09 bits per heavy atom. The molecule has 0 aromatic heterocycles. The Hall–Kier alpha value is 0.845. The maximum atomic E-state index is 8.74. The molecule has 8 nitrogen and oxygen atoms in total. The van der Waals surface area contributed by atoms with Gasteiger partial charge < -0.3 is 0 Å². The molecule has 11 heteroatoms. The topological polar surface area (TPSA) is 155 Å². The summed E-state index contributed by atoms with van der Waals surface area (Å²) in [5.74, 6) is 0. The van der Waals surface area contributed by atoms with Gasteiger partial charge in [0.15, 0.2) is 0 Å². The van der Waals surface area contributed by atoms with Crippen LogP contribution in [0.5, 0.6) is 0 Å². The third-order valence-corrected chi connectivity index (χ3v) is 0. The molecule has 0 rings (SSSR count). The minimum Gasteiger partial charge on any atom is 2.00 e. The molecule has 11 heavy (non-hydrogen) atoms. The van der Waals surface area contributed by atoms with E-state index in [1.54, 1.807) is 0 Å². The SMILES string of the molecule is O=S(=O)(O)O.[O]=[Cr](=[O])([O-])[O-].[Pb+2]. The zero-order chi connectivity index (χ0) is 9.00. The van der Waals surface area contributed by atoms with Crippen molar-refractivity contribution in [3.8, 4) is 0 Å². The number of rotatable bonds is 0. The van der Waals surface area contributed by atoms with Crippen LogP contribution in [-0.2, 0) is 31.6 Å². The second-order valence-electron chi connectivity index (χ2n) is 0.856. The van der Waals surface area contributed by atoms with E-state index in [0.717, 1.165) is 0 Å². The fourth-order valence-electron chi connectivity index (χ4n) is 0. The first-order chi connectivity index (χ1) is 4.00. The summed E-state index contributed by atoms with van der Waals surface area (Å²) in [4.78, 5) is 0. The zero-order valence-electron chi connectivity index (χ0n) is 4.66. The standard InChI is InChI=1S/Cr.H2O4S.4O.Pb/c;1-5(2,3)4;;;;;/h;(H2,1,2,3,4);;;;;/q;;;;2*-1;+2. The quantitative estimate of drug-likeness (QED) is 0.300. The monoisotopic (exact) mass is 422 g/mol. The van der Waals surface area contributed by atoms with Crippen LogP contribution in [-0.4, -0.2) is 44.8 Å². The van der Waals surface area contributed by atoms with Gasteiger partial charge in [-0.15, -0.1) is 0 Å². The van der Waals surface area contributed by atoms with Gasteiger partial charge in [-0.05, 0) is 0 Å². The Morgan fingerprint density at radius 2 is 1.09 bits per heavy atom. The van der Waals surface area contributed by atoms with Crippen LogP contribution in [0.25, 0.3) is 0 Å². The van der Waals surface area contributed by atoms with E-state index in [0.29, 0.717) is 0 Å². The van der Waals surface area contributed by atoms with Crippen LogP contribution in [0.1, 0.15) is 0 Å². The van der Waals surface area contributed by atoms with Crippen molar-refractivity contribution in [2.45, 2.75) is 0 Å². The molecule has 0 unspecified atom stereocenters. The Labute approximate surface area is 84.4 Å². The molecule has 0 atom stereocenters. The first kappa shape index (κ1) is 17.8. The van der Waals surface area contributed by atoms with E-state index < -0.39 is 24.0 Å². The van der Waals surface area contributed by atoms with Crippen LogP contribution < -0.4 is 8.32 Å². The molecule has 0 bridgehead atoms. The Morgan fingerprint density at radius 1 is 1.09 bits per heavy atom. The molecular formula is H2CrO8PbS. The van der Waals surface area contributed by atoms with Crippen LogP contribution in [0.4, 0.5) is 0 Å². The van der Waals surface area contributed by atoms with Crippen molar-refractivity contribution in [3.63, 3.8) is 0 Å². The van der Waals surface area contributed by atoms with Crippen molar-refractivity contribution in [1.82, 2.24) is 0 Å². The van der Waals surface area contributed by atoms with Gasteiger partial charge in [-0.1, -0.05) is 0 Å². The molecule has 2 N–H and O–H groups in total. The molecule has 0 saturated heterocycles. The normalized spacial score (nSPS) is 10.5. The molecule has 0 aliphatic carbocycles. The van der Waals surface area contributed by atoms with E-state index in [1.807, 2.05) is 0 Å². The molecular weight excluding hydrogens is 419 g/mol. The summed E-state index contributed by atoms with van der Waals surface area (Å²) in [5.41, 5.74) is 0. The van der Waals surface area contributed by atoms with E-state index in [2.05, 4.69) is 0 Å². The first-order valence-electron chi connectivity index (χ1n) is 1.37. The predicted molar refractivity (Wildman–Crippen MR) is 21.3 cm³/mol. The molecule has 0 saturated carbocycles. The van der Waals surface area contributed by atoms with Crippen molar-refractivity contribution in [1.29, 1.82) is 0 Å². The van der Waals surface area contributed by atoms with Gasteiger partial charge in [0.25, 0.3) is 0 Å². The van der Waals surface area contributed by atoms with Gasteiger partial charge in [-0.2, -0.15) is 8.42 Å². The number of hydrogen-bond donors (Lipinski definition) is 2. The molecule has 0 aliphatic heterocycles. The largest absolute Gasteiger partial charge is 2.00 e. The number of hydrogen-bond acceptors (Lipinski definition) is 6. The summed E-state index contributed by atoms with van der Waals surface area (Å²) >= 11 is -5.75. The van der Waals surface area contributed by atoms with E-state index in [-0.39, 0.29) is 27.3 Å². The average Bonchev–Trinajstić information content (AvgIpc) is 1.12. The summed E-state index contributed by atoms with van der Waals surface area (Å²) in [5, 5.41) is 0. The molecule has 2 radical (unpaired) electrons. The average molecular weight is 421 g/mol. The van der Waals surface area contributed by atoms with Crippen molar-refractivity contribution < 1.29 is 47.1 Å². The molecule has 0 spiro atoms.